The lowest BCUT2D eigenvalue weighted by Crippen LogP contribution is -2.43. The van der Waals surface area contributed by atoms with Crippen molar-refractivity contribution in [3.8, 4) is 0 Å². The molecule has 1 aliphatic rings. The van der Waals surface area contributed by atoms with Crippen molar-refractivity contribution in [3.05, 3.63) is 0 Å². The minimum atomic E-state index is -3.20. The molecular weight excluding hydrogens is 294 g/mol. The molecule has 0 spiro atoms. The lowest BCUT2D eigenvalue weighted by atomic mass is 10.2. The topological polar surface area (TPSA) is 63.2 Å². The third-order valence-corrected chi connectivity index (χ3v) is 5.34. The molecule has 1 aliphatic heterocycles. The highest BCUT2D eigenvalue weighted by atomic mass is 79.9. The molecule has 94 valence electrons. The van der Waals surface area contributed by atoms with Crippen molar-refractivity contribution < 1.29 is 13.2 Å². The first kappa shape index (κ1) is 14.0. The van der Waals surface area contributed by atoms with Gasteiger partial charge in [0.05, 0.1) is 5.75 Å². The molecule has 0 radical (unpaired) electrons. The van der Waals surface area contributed by atoms with Crippen molar-refractivity contribution in [3.63, 3.8) is 0 Å². The lowest BCUT2D eigenvalue weighted by Gasteiger charge is -2.21. The molecule has 6 heteroatoms. The Hall–Kier alpha value is -0.100. The van der Waals surface area contributed by atoms with Gasteiger partial charge in [0.25, 0.3) is 0 Å². The third kappa shape index (κ3) is 4.05. The molecule has 1 amide bonds. The predicted molar refractivity (Wildman–Crippen MR) is 67.4 cm³/mol. The Labute approximate surface area is 105 Å². The van der Waals surface area contributed by atoms with Crippen LogP contribution in [0.1, 0.15) is 32.6 Å². The molecular formula is C10H18BrNO3S. The second-order valence-corrected chi connectivity index (χ2v) is 8.08. The smallest absolute Gasteiger partial charge is 0.238 e. The Morgan fingerprint density at radius 3 is 2.75 bits per heavy atom. The van der Waals surface area contributed by atoms with E-state index in [9.17, 15) is 13.2 Å². The van der Waals surface area contributed by atoms with Crippen molar-refractivity contribution >= 4 is 31.7 Å². The van der Waals surface area contributed by atoms with E-state index >= 15 is 0 Å². The van der Waals surface area contributed by atoms with E-state index in [-0.39, 0.29) is 11.7 Å². The van der Waals surface area contributed by atoms with Crippen LogP contribution in [0.5, 0.6) is 0 Å². The Kier molecular flexibility index (Phi) is 5.24. The number of hydrogen-bond acceptors (Lipinski definition) is 3. The maximum atomic E-state index is 11.7. The van der Waals surface area contributed by atoms with E-state index in [2.05, 4.69) is 21.2 Å². The second-order valence-electron chi connectivity index (χ2n) is 4.21. The zero-order chi connectivity index (χ0) is 12.2. The molecule has 0 saturated carbocycles. The molecule has 16 heavy (non-hydrogen) atoms. The number of amides is 1. The fourth-order valence-corrected chi connectivity index (χ4v) is 3.81. The number of sulfone groups is 1. The van der Waals surface area contributed by atoms with Gasteiger partial charge in [0.15, 0.2) is 9.84 Å². The fraction of sp³-hybridized carbons (Fsp3) is 0.900. The van der Waals surface area contributed by atoms with Crippen molar-refractivity contribution in [1.82, 2.24) is 5.32 Å². The van der Waals surface area contributed by atoms with E-state index < -0.39 is 15.1 Å². The summed E-state index contributed by atoms with van der Waals surface area (Å²) in [6, 6.07) is 0. The minimum absolute atomic E-state index is 0.153. The summed E-state index contributed by atoms with van der Waals surface area (Å²) in [6.45, 7) is 2.51. The fourth-order valence-electron chi connectivity index (χ4n) is 1.76. The van der Waals surface area contributed by atoms with Gasteiger partial charge in [-0.05, 0) is 19.3 Å². The molecule has 0 aliphatic carbocycles. The van der Waals surface area contributed by atoms with Crippen LogP contribution in [0.3, 0.4) is 0 Å². The first-order valence-electron chi connectivity index (χ1n) is 5.57. The minimum Gasteiger partial charge on any atom is -0.355 e. The molecule has 0 aromatic rings. The van der Waals surface area contributed by atoms with Crippen LogP contribution in [-0.4, -0.2) is 36.7 Å². The van der Waals surface area contributed by atoms with Crippen LogP contribution in [0.2, 0.25) is 0 Å². The van der Waals surface area contributed by atoms with Crippen LogP contribution < -0.4 is 5.32 Å². The molecule has 0 aromatic carbocycles. The van der Waals surface area contributed by atoms with Crippen molar-refractivity contribution in [2.24, 2.45) is 0 Å². The SMILES string of the molecule is CC(Br)CCNC(=O)C1CCCCS1(=O)=O. The number of nitrogens with one attached hydrogen (secondary N) is 1. The highest BCUT2D eigenvalue weighted by Crippen LogP contribution is 2.19. The van der Waals surface area contributed by atoms with E-state index in [0.717, 1.165) is 12.8 Å². The van der Waals surface area contributed by atoms with Crippen molar-refractivity contribution in [2.75, 3.05) is 12.3 Å². The summed E-state index contributed by atoms with van der Waals surface area (Å²) in [5.74, 6) is -0.173. The normalized spacial score (nSPS) is 26.0. The third-order valence-electron chi connectivity index (χ3n) is 2.71. The number of alkyl halides is 1. The van der Waals surface area contributed by atoms with Gasteiger partial charge in [-0.25, -0.2) is 8.42 Å². The van der Waals surface area contributed by atoms with Crippen LogP contribution in [-0.2, 0) is 14.6 Å². The highest BCUT2D eigenvalue weighted by molar-refractivity contribution is 9.09. The maximum absolute atomic E-state index is 11.7. The average molecular weight is 312 g/mol. The van der Waals surface area contributed by atoms with Gasteiger partial charge in [-0.3, -0.25) is 4.79 Å². The zero-order valence-electron chi connectivity index (χ0n) is 9.41. The monoisotopic (exact) mass is 311 g/mol. The standard InChI is InChI=1S/C10H18BrNO3S/c1-8(11)5-6-12-10(13)9-4-2-3-7-16(9,14)15/h8-9H,2-7H2,1H3,(H,12,13). The summed E-state index contributed by atoms with van der Waals surface area (Å²) in [7, 11) is -3.20. The first-order valence-corrected chi connectivity index (χ1v) is 8.20. The van der Waals surface area contributed by atoms with Crippen LogP contribution in [0.15, 0.2) is 0 Å². The van der Waals surface area contributed by atoms with E-state index in [4.69, 9.17) is 0 Å². The number of halogens is 1. The Bertz CT molecular complexity index is 340. The number of carbonyl (C=O) groups is 1. The van der Waals surface area contributed by atoms with Gasteiger partial charge in [-0.1, -0.05) is 29.3 Å². The Morgan fingerprint density at radius 1 is 1.50 bits per heavy atom. The molecule has 1 N–H and O–H groups in total. The number of rotatable bonds is 4. The molecule has 2 atom stereocenters. The number of carbonyl (C=O) groups excluding carboxylic acids is 1. The van der Waals surface area contributed by atoms with Crippen LogP contribution in [0, 0.1) is 0 Å². The summed E-state index contributed by atoms with van der Waals surface area (Å²) < 4.78 is 23.3. The van der Waals surface area contributed by atoms with Crippen LogP contribution >= 0.6 is 15.9 Å². The summed E-state index contributed by atoms with van der Waals surface area (Å²) in [5.41, 5.74) is 0. The van der Waals surface area contributed by atoms with Gasteiger partial charge in [0, 0.05) is 11.4 Å². The largest absolute Gasteiger partial charge is 0.355 e. The summed E-state index contributed by atoms with van der Waals surface area (Å²) in [4.78, 5) is 12.0. The average Bonchev–Trinajstić information content (AvgIpc) is 2.16. The van der Waals surface area contributed by atoms with E-state index in [1.807, 2.05) is 6.92 Å². The van der Waals surface area contributed by atoms with Crippen LogP contribution in [0.4, 0.5) is 0 Å². The highest BCUT2D eigenvalue weighted by Gasteiger charge is 2.34. The molecule has 4 nitrogen and oxygen atoms in total. The quantitative estimate of drug-likeness (QED) is 0.795. The zero-order valence-corrected chi connectivity index (χ0v) is 11.8. The molecule has 1 saturated heterocycles. The van der Waals surface area contributed by atoms with Crippen LogP contribution in [0.25, 0.3) is 0 Å². The van der Waals surface area contributed by atoms with Crippen molar-refractivity contribution in [1.29, 1.82) is 0 Å². The van der Waals surface area contributed by atoms with Gasteiger partial charge < -0.3 is 5.32 Å². The van der Waals surface area contributed by atoms with E-state index in [1.165, 1.54) is 0 Å². The Morgan fingerprint density at radius 2 is 2.19 bits per heavy atom. The van der Waals surface area contributed by atoms with E-state index in [1.54, 1.807) is 0 Å². The second kappa shape index (κ2) is 6.00. The molecule has 0 bridgehead atoms. The summed E-state index contributed by atoms with van der Waals surface area (Å²) in [6.07, 6.45) is 2.78. The molecule has 1 rings (SSSR count). The predicted octanol–water partition coefficient (Wildman–Crippen LogP) is 1.24. The molecule has 2 unspecified atom stereocenters. The van der Waals surface area contributed by atoms with E-state index in [0.29, 0.717) is 24.2 Å². The summed E-state index contributed by atoms with van der Waals surface area (Å²) >= 11 is 3.37. The molecule has 1 fully saturated rings. The van der Waals surface area contributed by atoms with Gasteiger partial charge in [-0.15, -0.1) is 0 Å². The van der Waals surface area contributed by atoms with Gasteiger partial charge >= 0.3 is 0 Å². The number of hydrogen-bond donors (Lipinski definition) is 1. The first-order chi connectivity index (χ1) is 7.43. The van der Waals surface area contributed by atoms with Gasteiger partial charge in [-0.2, -0.15) is 0 Å². The van der Waals surface area contributed by atoms with Gasteiger partial charge in [0.2, 0.25) is 5.91 Å². The summed E-state index contributed by atoms with van der Waals surface area (Å²) in [5, 5.41) is 1.88. The lowest BCUT2D eigenvalue weighted by molar-refractivity contribution is -0.120. The van der Waals surface area contributed by atoms with Crippen molar-refractivity contribution in [2.45, 2.75) is 42.7 Å². The Balaban J connectivity index is 2.46. The molecule has 0 aromatic heterocycles. The maximum Gasteiger partial charge on any atom is 0.238 e. The molecule has 1 heterocycles. The van der Waals surface area contributed by atoms with Gasteiger partial charge in [0.1, 0.15) is 5.25 Å².